The molecule has 0 aromatic heterocycles. The van der Waals surface area contributed by atoms with Crippen LogP contribution >= 0.6 is 0 Å². The van der Waals surface area contributed by atoms with E-state index in [9.17, 15) is 9.59 Å². The Morgan fingerprint density at radius 2 is 1.86 bits per heavy atom. The van der Waals surface area contributed by atoms with Crippen LogP contribution in [0, 0.1) is 6.92 Å². The van der Waals surface area contributed by atoms with Gasteiger partial charge in [-0.05, 0) is 18.1 Å². The number of carbonyl (C=O) groups excluding carboxylic acids is 2. The predicted octanol–water partition coefficient (Wildman–Crippen LogP) is 1.03. The number of nitrogens with one attached hydrogen (secondary N) is 1. The van der Waals surface area contributed by atoms with Gasteiger partial charge in [-0.1, -0.05) is 24.3 Å². The lowest BCUT2D eigenvalue weighted by atomic mass is 10.0. The number of hydrogen-bond acceptors (Lipinski definition) is 2. The molecule has 0 bridgehead atoms. The minimum Gasteiger partial charge on any atom is -0.289 e. The third kappa shape index (κ3) is 1.33. The van der Waals surface area contributed by atoms with Gasteiger partial charge in [-0.25, -0.2) is 0 Å². The minimum absolute atomic E-state index is 0.315. The van der Waals surface area contributed by atoms with Crippen LogP contribution < -0.4 is 5.32 Å². The summed E-state index contributed by atoms with van der Waals surface area (Å²) in [7, 11) is 0. The first kappa shape index (κ1) is 8.69. The van der Waals surface area contributed by atoms with E-state index in [-0.39, 0.29) is 11.8 Å². The summed E-state index contributed by atoms with van der Waals surface area (Å²) < 4.78 is 0. The first-order valence-electron chi connectivity index (χ1n) is 4.31. The fourth-order valence-electron chi connectivity index (χ4n) is 1.49. The van der Waals surface area contributed by atoms with Crippen LogP contribution in [0.15, 0.2) is 30.3 Å². The Bertz CT molecular complexity index is 446. The van der Waals surface area contributed by atoms with E-state index in [2.05, 4.69) is 5.32 Å². The standard InChI is InChI=1S/C11H9NO2/c1-7-4-2-3-5-8(7)9-6-10(13)12-11(9)14/h2-6H,1H3,(H,12,13,14). The molecule has 1 aliphatic heterocycles. The lowest BCUT2D eigenvalue weighted by Gasteiger charge is -2.03. The van der Waals surface area contributed by atoms with Gasteiger partial charge in [-0.3, -0.25) is 14.9 Å². The lowest BCUT2D eigenvalue weighted by molar-refractivity contribution is -0.123. The van der Waals surface area contributed by atoms with Crippen molar-refractivity contribution >= 4 is 17.4 Å². The Kier molecular flexibility index (Phi) is 1.93. The maximum Gasteiger partial charge on any atom is 0.258 e. The molecular formula is C11H9NO2. The van der Waals surface area contributed by atoms with E-state index in [1.54, 1.807) is 0 Å². The van der Waals surface area contributed by atoms with Gasteiger partial charge in [0.05, 0.1) is 5.57 Å². The largest absolute Gasteiger partial charge is 0.289 e. The summed E-state index contributed by atoms with van der Waals surface area (Å²) in [4.78, 5) is 22.3. The molecule has 1 aromatic carbocycles. The normalized spacial score (nSPS) is 15.4. The highest BCUT2D eigenvalue weighted by atomic mass is 16.2. The van der Waals surface area contributed by atoms with Crippen LogP contribution in [0.5, 0.6) is 0 Å². The van der Waals surface area contributed by atoms with Crippen molar-refractivity contribution in [3.63, 3.8) is 0 Å². The third-order valence-corrected chi connectivity index (χ3v) is 2.19. The van der Waals surface area contributed by atoms with Crippen molar-refractivity contribution in [2.75, 3.05) is 0 Å². The zero-order chi connectivity index (χ0) is 10.1. The maximum absolute atomic E-state index is 11.3. The molecular weight excluding hydrogens is 178 g/mol. The van der Waals surface area contributed by atoms with Gasteiger partial charge in [-0.2, -0.15) is 0 Å². The Labute approximate surface area is 81.4 Å². The molecule has 14 heavy (non-hydrogen) atoms. The van der Waals surface area contributed by atoms with Gasteiger partial charge in [0.25, 0.3) is 11.8 Å². The van der Waals surface area contributed by atoms with Gasteiger partial charge in [0, 0.05) is 6.08 Å². The number of aryl methyl sites for hydroxylation is 1. The Morgan fingerprint density at radius 1 is 1.14 bits per heavy atom. The lowest BCUT2D eigenvalue weighted by Crippen LogP contribution is -2.21. The highest BCUT2D eigenvalue weighted by molar-refractivity contribution is 6.33. The van der Waals surface area contributed by atoms with Crippen LogP contribution in [0.3, 0.4) is 0 Å². The van der Waals surface area contributed by atoms with E-state index in [4.69, 9.17) is 0 Å². The quantitative estimate of drug-likeness (QED) is 0.667. The molecule has 1 aliphatic rings. The molecule has 0 aliphatic carbocycles. The molecule has 0 radical (unpaired) electrons. The van der Waals surface area contributed by atoms with Crippen molar-refractivity contribution in [1.82, 2.24) is 5.32 Å². The first-order chi connectivity index (χ1) is 6.68. The van der Waals surface area contributed by atoms with Crippen LogP contribution in [0.1, 0.15) is 11.1 Å². The van der Waals surface area contributed by atoms with E-state index in [1.165, 1.54) is 6.08 Å². The van der Waals surface area contributed by atoms with Crippen molar-refractivity contribution in [1.29, 1.82) is 0 Å². The van der Waals surface area contributed by atoms with Gasteiger partial charge >= 0.3 is 0 Å². The molecule has 1 N–H and O–H groups in total. The van der Waals surface area contributed by atoms with Crippen molar-refractivity contribution in [3.8, 4) is 0 Å². The Hall–Kier alpha value is -1.90. The number of imide groups is 1. The highest BCUT2D eigenvalue weighted by Gasteiger charge is 2.22. The molecule has 0 saturated heterocycles. The second-order valence-corrected chi connectivity index (χ2v) is 3.19. The van der Waals surface area contributed by atoms with E-state index < -0.39 is 0 Å². The third-order valence-electron chi connectivity index (χ3n) is 2.19. The molecule has 2 rings (SSSR count). The van der Waals surface area contributed by atoms with Crippen LogP contribution in [0.2, 0.25) is 0 Å². The second kappa shape index (κ2) is 3.10. The highest BCUT2D eigenvalue weighted by Crippen LogP contribution is 2.21. The van der Waals surface area contributed by atoms with Gasteiger partial charge < -0.3 is 0 Å². The van der Waals surface area contributed by atoms with Gasteiger partial charge in [-0.15, -0.1) is 0 Å². The SMILES string of the molecule is Cc1ccccc1C1=CC(=O)NC1=O. The maximum atomic E-state index is 11.3. The van der Waals surface area contributed by atoms with E-state index in [0.717, 1.165) is 11.1 Å². The molecule has 70 valence electrons. The summed E-state index contributed by atoms with van der Waals surface area (Å²) in [6, 6.07) is 7.49. The topological polar surface area (TPSA) is 46.2 Å². The summed E-state index contributed by atoms with van der Waals surface area (Å²) in [5.41, 5.74) is 2.26. The first-order valence-corrected chi connectivity index (χ1v) is 4.31. The van der Waals surface area contributed by atoms with Crippen LogP contribution in [0.4, 0.5) is 0 Å². The summed E-state index contributed by atoms with van der Waals surface area (Å²) in [6.45, 7) is 1.91. The minimum atomic E-state index is -0.340. The zero-order valence-electron chi connectivity index (χ0n) is 7.70. The fourth-order valence-corrected chi connectivity index (χ4v) is 1.49. The number of hydrogen-bond donors (Lipinski definition) is 1. The van der Waals surface area contributed by atoms with Gasteiger partial charge in [0.1, 0.15) is 0 Å². The average Bonchev–Trinajstić information content (AvgIpc) is 2.46. The van der Waals surface area contributed by atoms with E-state index >= 15 is 0 Å². The van der Waals surface area contributed by atoms with Crippen molar-refractivity contribution < 1.29 is 9.59 Å². The van der Waals surface area contributed by atoms with Crippen LogP contribution in [0.25, 0.3) is 5.57 Å². The molecule has 2 amide bonds. The summed E-state index contributed by atoms with van der Waals surface area (Å²) in [5, 5.41) is 2.22. The second-order valence-electron chi connectivity index (χ2n) is 3.19. The Morgan fingerprint density at radius 3 is 2.43 bits per heavy atom. The molecule has 3 heteroatoms. The van der Waals surface area contributed by atoms with Crippen molar-refractivity contribution in [3.05, 3.63) is 41.5 Å². The number of benzene rings is 1. The fraction of sp³-hybridized carbons (Fsp3) is 0.0909. The molecule has 0 spiro atoms. The molecule has 3 nitrogen and oxygen atoms in total. The molecule has 0 unspecified atom stereocenters. The number of amides is 2. The number of rotatable bonds is 1. The van der Waals surface area contributed by atoms with Crippen LogP contribution in [-0.2, 0) is 9.59 Å². The molecule has 0 saturated carbocycles. The van der Waals surface area contributed by atoms with Crippen LogP contribution in [-0.4, -0.2) is 11.8 Å². The molecule has 1 aromatic rings. The predicted molar refractivity (Wildman–Crippen MR) is 52.3 cm³/mol. The van der Waals surface area contributed by atoms with Gasteiger partial charge in [0.15, 0.2) is 0 Å². The van der Waals surface area contributed by atoms with E-state index in [0.29, 0.717) is 5.57 Å². The smallest absolute Gasteiger partial charge is 0.258 e. The molecule has 0 atom stereocenters. The van der Waals surface area contributed by atoms with E-state index in [1.807, 2.05) is 31.2 Å². The van der Waals surface area contributed by atoms with Gasteiger partial charge in [0.2, 0.25) is 0 Å². The zero-order valence-corrected chi connectivity index (χ0v) is 7.70. The average molecular weight is 187 g/mol. The number of carbonyl (C=O) groups is 2. The summed E-state index contributed by atoms with van der Waals surface area (Å²) in [6.07, 6.45) is 1.34. The van der Waals surface area contributed by atoms with Crippen molar-refractivity contribution in [2.24, 2.45) is 0 Å². The molecule has 0 fully saturated rings. The van der Waals surface area contributed by atoms with Crippen molar-refractivity contribution in [2.45, 2.75) is 6.92 Å². The monoisotopic (exact) mass is 187 g/mol. The summed E-state index contributed by atoms with van der Waals surface area (Å²) in [5.74, 6) is -0.655. The molecule has 1 heterocycles. The Balaban J connectivity index is 2.51. The summed E-state index contributed by atoms with van der Waals surface area (Å²) >= 11 is 0.